The largest absolute Gasteiger partial charge is 0.356 e. The number of hydrogen-bond acceptors (Lipinski definition) is 4. The van der Waals surface area contributed by atoms with Gasteiger partial charge in [0.15, 0.2) is 0 Å². The van der Waals surface area contributed by atoms with E-state index in [4.69, 9.17) is 0 Å². The van der Waals surface area contributed by atoms with Crippen LogP contribution in [0.15, 0.2) is 490 Å². The number of benzene rings is 20. The second kappa shape index (κ2) is 34.0. The van der Waals surface area contributed by atoms with E-state index in [1.165, 1.54) is 184 Å². The van der Waals surface area contributed by atoms with Gasteiger partial charge in [-0.15, -0.1) is 0 Å². The molecule has 648 valence electrons. The fraction of sp³-hybridized carbons (Fsp3) is 0.0769. The van der Waals surface area contributed by atoms with Gasteiger partial charge in [-0.3, -0.25) is 0 Å². The van der Waals surface area contributed by atoms with Crippen molar-refractivity contribution in [2.75, 3.05) is 20.0 Å². The highest BCUT2D eigenvalue weighted by Gasteiger charge is 2.55. The Balaban J connectivity index is 0.000000133. The molecule has 0 saturated heterocycles. The summed E-state index contributed by atoms with van der Waals surface area (Å²) in [6.07, 6.45) is 0. The second-order valence-electron chi connectivity index (χ2n) is 36.7. The Morgan fingerprint density at radius 3 is 0.926 bits per heavy atom. The molecule has 0 amide bonds. The SMILES string of the molecule is C.C.CC1(C)c2cc(-c3cccc4c3-c3ccccc3C43c4ccccc4N(c4ccccc4)c4ccccc43)ccc2-c2ccc(N(c3ccccc3)c3ccc(-c4ccccc4)cc3)cc21.CC1(C)c2cc(Br)ccc2-c2ccc(-c3cccc4c3-c3ccccc3C43c4ccccc4N(c4ccccc4)c4ccccc43)cc21.c1ccc(Nc2ccc(-c3ccccc3)cc2)cc1. The Bertz CT molecular complexity index is 7810. The number of anilines is 11. The van der Waals surface area contributed by atoms with E-state index in [2.05, 4.69) is 525 Å². The van der Waals surface area contributed by atoms with E-state index in [1.807, 2.05) is 24.3 Å². The Labute approximate surface area is 802 Å². The van der Waals surface area contributed by atoms with Crippen molar-refractivity contribution in [2.24, 2.45) is 0 Å². The summed E-state index contributed by atoms with van der Waals surface area (Å²) in [4.78, 5) is 7.28. The summed E-state index contributed by atoms with van der Waals surface area (Å²) >= 11 is 3.73. The van der Waals surface area contributed by atoms with Crippen LogP contribution in [-0.4, -0.2) is 0 Å². The molecule has 1 N–H and O–H groups in total. The molecule has 0 unspecified atom stereocenters. The van der Waals surface area contributed by atoms with Crippen molar-refractivity contribution >= 4 is 78.5 Å². The quantitative estimate of drug-likeness (QED) is 0.139. The van der Waals surface area contributed by atoms with E-state index >= 15 is 0 Å². The molecule has 5 heteroatoms. The Morgan fingerprint density at radius 2 is 0.496 bits per heavy atom. The number of rotatable bonds is 11. The van der Waals surface area contributed by atoms with Crippen LogP contribution < -0.4 is 20.0 Å². The minimum absolute atomic E-state index is 0. The molecule has 0 atom stereocenters. The topological polar surface area (TPSA) is 21.8 Å². The highest BCUT2D eigenvalue weighted by Crippen LogP contribution is 2.68. The summed E-state index contributed by atoms with van der Waals surface area (Å²) in [5.74, 6) is 0. The first-order valence-corrected chi connectivity index (χ1v) is 47.0. The first kappa shape index (κ1) is 84.6. The smallest absolute Gasteiger partial charge is 0.0754 e. The number of halogens is 1. The lowest BCUT2D eigenvalue weighted by Gasteiger charge is -2.45. The van der Waals surface area contributed by atoms with Gasteiger partial charge in [0.1, 0.15) is 0 Å². The first-order valence-electron chi connectivity index (χ1n) is 46.2. The Hall–Kier alpha value is -15.9. The number of hydrogen-bond donors (Lipinski definition) is 1. The third-order valence-electron chi connectivity index (χ3n) is 28.8. The van der Waals surface area contributed by atoms with Gasteiger partial charge in [0, 0.05) is 55.1 Å². The minimum atomic E-state index is -0.504. The van der Waals surface area contributed by atoms with Crippen LogP contribution in [0.25, 0.3) is 89.0 Å². The summed E-state index contributed by atoms with van der Waals surface area (Å²) in [6.45, 7) is 9.53. The van der Waals surface area contributed by atoms with Gasteiger partial charge < -0.3 is 20.0 Å². The lowest BCUT2D eigenvalue weighted by atomic mass is 9.64. The van der Waals surface area contributed by atoms with E-state index < -0.39 is 10.8 Å². The molecule has 4 aliphatic carbocycles. The maximum atomic E-state index is 3.73. The molecule has 135 heavy (non-hydrogen) atoms. The highest BCUT2D eigenvalue weighted by molar-refractivity contribution is 9.10. The fourth-order valence-electron chi connectivity index (χ4n) is 22.9. The monoisotopic (exact) mass is 1800 g/mol. The van der Waals surface area contributed by atoms with Crippen molar-refractivity contribution in [1.29, 1.82) is 0 Å². The minimum Gasteiger partial charge on any atom is -0.356 e. The van der Waals surface area contributed by atoms with Crippen molar-refractivity contribution < 1.29 is 0 Å². The van der Waals surface area contributed by atoms with Crippen LogP contribution >= 0.6 is 15.9 Å². The molecule has 0 saturated carbocycles. The summed E-state index contributed by atoms with van der Waals surface area (Å²) in [5.41, 5.74) is 48.1. The maximum Gasteiger partial charge on any atom is 0.0754 e. The molecule has 0 fully saturated rings. The predicted molar refractivity (Wildman–Crippen MR) is 573 cm³/mol. The molecule has 2 spiro atoms. The van der Waals surface area contributed by atoms with Crippen molar-refractivity contribution in [3.8, 4) is 89.0 Å². The van der Waals surface area contributed by atoms with Crippen molar-refractivity contribution in [2.45, 2.75) is 64.2 Å². The van der Waals surface area contributed by atoms with Gasteiger partial charge in [0.25, 0.3) is 0 Å². The van der Waals surface area contributed by atoms with Crippen LogP contribution in [0.5, 0.6) is 0 Å². The van der Waals surface area contributed by atoms with E-state index in [0.29, 0.717) is 0 Å². The molecule has 20 aromatic carbocycles. The normalized spacial score (nSPS) is 13.8. The molecule has 0 radical (unpaired) electrons. The highest BCUT2D eigenvalue weighted by atomic mass is 79.9. The standard InChI is InChI=1S/C64H46N2.C46H32BrN.C18H15N.2CH4/c1-63(2)58-41-45(35-39-51(58)52-40-38-49(42-59(52)63)65(46-21-8-4-9-22-46)48-36-33-44(34-37-48)43-19-6-3-7-20-43)50-26-18-30-57-62(50)53-25-12-13-27-54(53)64(57)55-28-14-16-31-60(55)66(47-23-10-5-11-24-47)61-32-17-15-29-56(61)64;1-45(2)40-27-29(23-25-33(40)34-26-24-30(47)28-41(34)45)32-16-12-20-39-44(32)35-15-6-7-17-36(35)46(39)37-18-8-10-21-42(37)48(31-13-4-3-5-14-31)43-22-11-9-19-38(43)46;1-3-7-15(8-4-1)16-11-13-18(14-12-16)19-17-9-5-2-6-10-17;;/h3-42H,1-2H3;3-28H,1-2H3;1-14,19H;2*1H4. The van der Waals surface area contributed by atoms with Crippen LogP contribution in [-0.2, 0) is 21.7 Å². The number of fused-ring (bicyclic) bond motifs is 24. The lowest BCUT2D eigenvalue weighted by molar-refractivity contribution is 0.660. The zero-order chi connectivity index (χ0) is 89.1. The van der Waals surface area contributed by atoms with Gasteiger partial charge in [-0.25, -0.2) is 0 Å². The summed E-state index contributed by atoms with van der Waals surface area (Å²) in [5, 5.41) is 3.38. The average Bonchev–Trinajstić information content (AvgIpc) is 1.58. The average molecular weight is 1800 g/mol. The zero-order valence-electron chi connectivity index (χ0n) is 74.4. The van der Waals surface area contributed by atoms with E-state index in [-0.39, 0.29) is 25.7 Å². The Morgan fingerprint density at radius 1 is 0.207 bits per heavy atom. The fourth-order valence-corrected chi connectivity index (χ4v) is 23.3. The van der Waals surface area contributed by atoms with Gasteiger partial charge in [-0.2, -0.15) is 0 Å². The van der Waals surface area contributed by atoms with Crippen molar-refractivity contribution in [3.63, 3.8) is 0 Å². The second-order valence-corrected chi connectivity index (χ2v) is 37.6. The molecular weight excluding hydrogens is 1700 g/mol. The van der Waals surface area contributed by atoms with Crippen molar-refractivity contribution in [1.82, 2.24) is 0 Å². The number of nitrogens with zero attached hydrogens (tertiary/aromatic N) is 3. The zero-order valence-corrected chi connectivity index (χ0v) is 76.0. The molecule has 2 heterocycles. The van der Waals surface area contributed by atoms with Crippen LogP contribution in [0.3, 0.4) is 0 Å². The molecule has 2 aliphatic heterocycles. The Kier molecular flexibility index (Phi) is 21.3. The van der Waals surface area contributed by atoms with Gasteiger partial charge in [0.05, 0.1) is 33.6 Å². The molecule has 26 rings (SSSR count). The summed E-state index contributed by atoms with van der Waals surface area (Å²) in [6, 6.07) is 178. The number of nitrogens with one attached hydrogen (secondary N) is 1. The molecule has 0 aromatic heterocycles. The molecule has 0 bridgehead atoms. The van der Waals surface area contributed by atoms with Gasteiger partial charge in [0.2, 0.25) is 0 Å². The summed E-state index contributed by atoms with van der Waals surface area (Å²) < 4.78 is 1.13. The van der Waals surface area contributed by atoms with Gasteiger partial charge in [-0.05, 0) is 289 Å². The van der Waals surface area contributed by atoms with Crippen LogP contribution in [0.2, 0.25) is 0 Å². The molecule has 20 aromatic rings. The predicted octanol–water partition coefficient (Wildman–Crippen LogP) is 35.9. The van der Waals surface area contributed by atoms with E-state index in [0.717, 1.165) is 38.6 Å². The van der Waals surface area contributed by atoms with Gasteiger partial charge in [-0.1, -0.05) is 410 Å². The molecular formula is C130H101BrN4. The van der Waals surface area contributed by atoms with Crippen LogP contribution in [0.4, 0.5) is 62.6 Å². The third kappa shape index (κ3) is 13.6. The van der Waals surface area contributed by atoms with Crippen molar-refractivity contribution in [3.05, 3.63) is 557 Å². The maximum absolute atomic E-state index is 3.73. The first-order chi connectivity index (χ1) is 65.4. The van der Waals surface area contributed by atoms with Crippen LogP contribution in [0, 0.1) is 0 Å². The van der Waals surface area contributed by atoms with E-state index in [1.54, 1.807) is 0 Å². The van der Waals surface area contributed by atoms with Gasteiger partial charge >= 0.3 is 0 Å². The number of para-hydroxylation sites is 8. The third-order valence-corrected chi connectivity index (χ3v) is 29.3. The van der Waals surface area contributed by atoms with E-state index in [9.17, 15) is 0 Å². The summed E-state index contributed by atoms with van der Waals surface area (Å²) in [7, 11) is 0. The van der Waals surface area contributed by atoms with Crippen LogP contribution in [0.1, 0.15) is 109 Å². The lowest BCUT2D eigenvalue weighted by Crippen LogP contribution is -2.36. The molecule has 6 aliphatic rings. The molecule has 4 nitrogen and oxygen atoms in total.